The van der Waals surface area contributed by atoms with E-state index in [2.05, 4.69) is 18.6 Å². The van der Waals surface area contributed by atoms with E-state index < -0.39 is 0 Å². The van der Waals surface area contributed by atoms with Crippen molar-refractivity contribution in [1.29, 1.82) is 0 Å². The lowest BCUT2D eigenvalue weighted by Gasteiger charge is -2.21. The Morgan fingerprint density at radius 2 is 1.03 bits per heavy atom. The summed E-state index contributed by atoms with van der Waals surface area (Å²) in [6, 6.07) is 0. The molecule has 0 aliphatic heterocycles. The van der Waals surface area contributed by atoms with E-state index in [1.165, 1.54) is 14.0 Å². The molecule has 0 aliphatic rings. The molecule has 0 N–H and O–H groups in total. The first-order valence-corrected chi connectivity index (χ1v) is 11.3. The third kappa shape index (κ3) is 25.3. The lowest BCUT2D eigenvalue weighted by atomic mass is 10.3. The molecule has 0 fully saturated rings. The lowest BCUT2D eigenvalue weighted by Crippen LogP contribution is -2.28. The van der Waals surface area contributed by atoms with Gasteiger partial charge >= 0.3 is 5.97 Å². The van der Waals surface area contributed by atoms with Crippen LogP contribution in [0.1, 0.15) is 74.1 Å². The predicted molar refractivity (Wildman–Crippen MR) is 120 cm³/mol. The van der Waals surface area contributed by atoms with E-state index >= 15 is 0 Å². The normalized spacial score (nSPS) is 14.9. The number of hydrogen-bond donors (Lipinski definition) is 0. The van der Waals surface area contributed by atoms with E-state index in [1.54, 1.807) is 0 Å². The third-order valence-corrected chi connectivity index (χ3v) is 4.03. The molecule has 7 nitrogen and oxygen atoms in total. The van der Waals surface area contributed by atoms with Crippen molar-refractivity contribution in [2.75, 3.05) is 46.8 Å². The average Bonchev–Trinajstić information content (AvgIpc) is 2.72. The highest BCUT2D eigenvalue weighted by atomic mass is 16.6. The topological polar surface area (TPSA) is 72.5 Å². The molecule has 0 heterocycles. The van der Waals surface area contributed by atoms with Crippen LogP contribution in [0.3, 0.4) is 0 Å². The number of methoxy groups -OCH3 is 1. The highest BCUT2D eigenvalue weighted by Crippen LogP contribution is 2.03. The Bertz CT molecular complexity index is 365. The minimum atomic E-state index is -0.245. The van der Waals surface area contributed by atoms with Gasteiger partial charge in [-0.3, -0.25) is 4.79 Å². The fraction of sp³-hybridized carbons (Fsp3) is 0.957. The number of carbonyl (C=O) groups is 1. The van der Waals surface area contributed by atoms with Gasteiger partial charge in [-0.1, -0.05) is 26.7 Å². The Morgan fingerprint density at radius 1 is 0.667 bits per heavy atom. The second kappa shape index (κ2) is 22.9. The molecule has 0 saturated carbocycles. The van der Waals surface area contributed by atoms with Crippen molar-refractivity contribution in [2.45, 2.75) is 98.6 Å². The molecule has 7 heteroatoms. The molecule has 0 spiro atoms. The first-order valence-electron chi connectivity index (χ1n) is 11.3. The molecule has 4 unspecified atom stereocenters. The van der Waals surface area contributed by atoms with Crippen LogP contribution >= 0.6 is 0 Å². The highest BCUT2D eigenvalue weighted by Gasteiger charge is 2.11. The second-order valence-electron chi connectivity index (χ2n) is 7.59. The van der Waals surface area contributed by atoms with Gasteiger partial charge in [0.2, 0.25) is 0 Å². The van der Waals surface area contributed by atoms with Gasteiger partial charge in [-0.25, -0.2) is 0 Å². The fourth-order valence-electron chi connectivity index (χ4n) is 2.02. The van der Waals surface area contributed by atoms with Crippen LogP contribution in [0.25, 0.3) is 0 Å². The van der Waals surface area contributed by atoms with Crippen LogP contribution in [0.15, 0.2) is 0 Å². The summed E-state index contributed by atoms with van der Waals surface area (Å²) in [5, 5.41) is 0. The minimum absolute atomic E-state index is 0.0439. The molecule has 0 aliphatic carbocycles. The Labute approximate surface area is 185 Å². The maximum Gasteiger partial charge on any atom is 0.302 e. The summed E-state index contributed by atoms with van der Waals surface area (Å²) in [6.45, 7) is 17.8. The van der Waals surface area contributed by atoms with E-state index in [-0.39, 0.29) is 30.4 Å². The average molecular weight is 437 g/mol. The second-order valence-corrected chi connectivity index (χ2v) is 7.59. The van der Waals surface area contributed by atoms with Crippen LogP contribution in [0.4, 0.5) is 0 Å². The van der Waals surface area contributed by atoms with E-state index in [0.29, 0.717) is 26.4 Å². The number of ether oxygens (including phenoxy) is 6. The molecule has 0 aromatic rings. The van der Waals surface area contributed by atoms with Gasteiger partial charge in [-0.15, -0.1) is 0 Å². The fourth-order valence-corrected chi connectivity index (χ4v) is 2.02. The van der Waals surface area contributed by atoms with Crippen molar-refractivity contribution in [2.24, 2.45) is 0 Å². The Balaban J connectivity index is 0. The molecule has 4 atom stereocenters. The third-order valence-electron chi connectivity index (χ3n) is 4.03. The van der Waals surface area contributed by atoms with Crippen LogP contribution in [0.2, 0.25) is 0 Å². The number of hydrogen-bond acceptors (Lipinski definition) is 7. The summed E-state index contributed by atoms with van der Waals surface area (Å²) in [5.74, 6) is -0.245. The molecule has 0 aromatic heterocycles. The molecule has 182 valence electrons. The van der Waals surface area contributed by atoms with E-state index in [9.17, 15) is 4.79 Å². The molecule has 0 bridgehead atoms. The van der Waals surface area contributed by atoms with Crippen LogP contribution in [0, 0.1) is 0 Å². The van der Waals surface area contributed by atoms with Crippen LogP contribution in [-0.4, -0.2) is 77.1 Å². The number of carbonyl (C=O) groups excluding carboxylic acids is 1. The lowest BCUT2D eigenvalue weighted by molar-refractivity contribution is -0.137. The summed E-state index contributed by atoms with van der Waals surface area (Å²) >= 11 is 0. The van der Waals surface area contributed by atoms with E-state index in [1.807, 2.05) is 27.7 Å². The Hall–Kier alpha value is -0.730. The smallest absolute Gasteiger partial charge is 0.302 e. The van der Waals surface area contributed by atoms with Gasteiger partial charge in [-0.05, 0) is 40.5 Å². The maximum atomic E-state index is 9.59. The van der Waals surface area contributed by atoms with Gasteiger partial charge in [0.1, 0.15) is 0 Å². The predicted octanol–water partition coefficient (Wildman–Crippen LogP) is 4.40. The molecule has 0 radical (unpaired) electrons. The van der Waals surface area contributed by atoms with Crippen molar-refractivity contribution in [3.8, 4) is 0 Å². The summed E-state index contributed by atoms with van der Waals surface area (Å²) < 4.78 is 32.7. The van der Waals surface area contributed by atoms with Crippen molar-refractivity contribution in [3.63, 3.8) is 0 Å². The van der Waals surface area contributed by atoms with Crippen molar-refractivity contribution in [1.82, 2.24) is 0 Å². The van der Waals surface area contributed by atoms with Crippen molar-refractivity contribution >= 4 is 5.97 Å². The van der Waals surface area contributed by atoms with E-state index in [4.69, 9.17) is 23.7 Å². The monoisotopic (exact) mass is 436 g/mol. The number of unbranched alkanes of at least 4 members (excludes halogenated alkanes) is 2. The standard InChI is InChI=1S/C20H42O5.C3H6O2/c1-7-9-11-21-13-17(3)23-15-19(5)25-16-20(6)24-14-18(4)22-12-10-8-2;1-3(4)5-2/h17-20H,7-16H2,1-6H3;1-2H3. The summed E-state index contributed by atoms with van der Waals surface area (Å²) in [4.78, 5) is 9.59. The maximum absolute atomic E-state index is 9.59. The first-order chi connectivity index (χ1) is 14.3. The van der Waals surface area contributed by atoms with Gasteiger partial charge < -0.3 is 28.4 Å². The number of esters is 1. The summed E-state index contributed by atoms with van der Waals surface area (Å²) in [6.07, 6.45) is 4.83. The van der Waals surface area contributed by atoms with Gasteiger partial charge in [0.15, 0.2) is 0 Å². The van der Waals surface area contributed by atoms with Gasteiger partial charge in [-0.2, -0.15) is 0 Å². The van der Waals surface area contributed by atoms with Gasteiger partial charge in [0, 0.05) is 20.1 Å². The van der Waals surface area contributed by atoms with Crippen LogP contribution in [-0.2, 0) is 33.2 Å². The zero-order valence-corrected chi connectivity index (χ0v) is 20.7. The molecule has 0 aromatic carbocycles. The zero-order chi connectivity index (χ0) is 23.2. The molecular weight excluding hydrogens is 388 g/mol. The van der Waals surface area contributed by atoms with Crippen molar-refractivity contribution < 1.29 is 33.2 Å². The van der Waals surface area contributed by atoms with E-state index in [0.717, 1.165) is 38.9 Å². The Kier molecular flexibility index (Phi) is 24.1. The number of rotatable bonds is 18. The molecule has 30 heavy (non-hydrogen) atoms. The molecular formula is C23H48O7. The van der Waals surface area contributed by atoms with Crippen molar-refractivity contribution in [3.05, 3.63) is 0 Å². The zero-order valence-electron chi connectivity index (χ0n) is 20.7. The molecule has 0 rings (SSSR count). The Morgan fingerprint density at radius 3 is 1.43 bits per heavy atom. The van der Waals surface area contributed by atoms with Crippen LogP contribution in [0.5, 0.6) is 0 Å². The molecule has 0 saturated heterocycles. The van der Waals surface area contributed by atoms with Crippen LogP contribution < -0.4 is 0 Å². The summed E-state index contributed by atoms with van der Waals surface area (Å²) in [7, 11) is 1.35. The van der Waals surface area contributed by atoms with Gasteiger partial charge in [0.25, 0.3) is 0 Å². The molecule has 0 amide bonds. The minimum Gasteiger partial charge on any atom is -0.469 e. The van der Waals surface area contributed by atoms with Gasteiger partial charge in [0.05, 0.1) is 58.0 Å². The SMILES string of the molecule is CCCCOCC(C)OCC(C)OCC(C)OCC(C)OCCCC.COC(C)=O. The first kappa shape index (κ1) is 31.5. The quantitative estimate of drug-likeness (QED) is 0.233. The largest absolute Gasteiger partial charge is 0.469 e. The highest BCUT2D eigenvalue weighted by molar-refractivity contribution is 5.65. The summed E-state index contributed by atoms with van der Waals surface area (Å²) in [5.41, 5.74) is 0.